The molecule has 0 unspecified atom stereocenters. The van der Waals surface area contributed by atoms with Crippen LogP contribution in [0.4, 0.5) is 4.79 Å². The van der Waals surface area contributed by atoms with E-state index in [0.717, 1.165) is 10.0 Å². The molecule has 0 spiro atoms. The maximum absolute atomic E-state index is 12.1. The van der Waals surface area contributed by atoms with Crippen LogP contribution < -0.4 is 0 Å². The van der Waals surface area contributed by atoms with Gasteiger partial charge in [-0.1, -0.05) is 58.4 Å². The van der Waals surface area contributed by atoms with Gasteiger partial charge >= 0.3 is 6.09 Å². The van der Waals surface area contributed by atoms with Crippen molar-refractivity contribution in [3.05, 3.63) is 69.7 Å². The Kier molecular flexibility index (Phi) is 3.74. The fraction of sp³-hybridized carbons (Fsp3) is 0.188. The van der Waals surface area contributed by atoms with E-state index in [9.17, 15) is 4.79 Å². The average Bonchev–Trinajstić information content (AvgIpc) is 2.91. The van der Waals surface area contributed by atoms with Crippen molar-refractivity contribution in [3.63, 3.8) is 0 Å². The van der Waals surface area contributed by atoms with E-state index in [1.54, 1.807) is 4.90 Å². The van der Waals surface area contributed by atoms with E-state index >= 15 is 0 Å². The molecule has 102 valence electrons. The van der Waals surface area contributed by atoms with E-state index in [-0.39, 0.29) is 6.09 Å². The summed E-state index contributed by atoms with van der Waals surface area (Å²) in [5.41, 5.74) is 3.35. The molecule has 0 aromatic heterocycles. The van der Waals surface area contributed by atoms with E-state index < -0.39 is 0 Å². The van der Waals surface area contributed by atoms with Crippen molar-refractivity contribution in [2.75, 3.05) is 0 Å². The minimum atomic E-state index is -0.267. The summed E-state index contributed by atoms with van der Waals surface area (Å²) in [5, 5.41) is 0. The van der Waals surface area contributed by atoms with Gasteiger partial charge in [-0.05, 0) is 22.8 Å². The Morgan fingerprint density at radius 2 is 1.90 bits per heavy atom. The van der Waals surface area contributed by atoms with Gasteiger partial charge < -0.3 is 4.74 Å². The number of carbonyl (C=O) groups is 1. The first-order valence-electron chi connectivity index (χ1n) is 6.46. The summed E-state index contributed by atoms with van der Waals surface area (Å²) < 4.78 is 6.40. The van der Waals surface area contributed by atoms with Gasteiger partial charge in [0.1, 0.15) is 6.61 Å². The second kappa shape index (κ2) is 5.67. The minimum Gasteiger partial charge on any atom is -0.445 e. The maximum atomic E-state index is 12.1. The Hall–Kier alpha value is -1.81. The molecule has 4 heteroatoms. The maximum Gasteiger partial charge on any atom is 0.410 e. The monoisotopic (exact) mass is 331 g/mol. The zero-order chi connectivity index (χ0) is 13.9. The normalized spacial score (nSPS) is 13.2. The van der Waals surface area contributed by atoms with Gasteiger partial charge in [-0.25, -0.2) is 4.79 Å². The van der Waals surface area contributed by atoms with Crippen LogP contribution in [0.2, 0.25) is 0 Å². The number of fused-ring (bicyclic) bond motifs is 1. The molecule has 0 N–H and O–H groups in total. The first kappa shape index (κ1) is 13.2. The number of carbonyl (C=O) groups excluding carboxylic acids is 1. The summed E-state index contributed by atoms with van der Waals surface area (Å²) in [5.74, 6) is 0. The van der Waals surface area contributed by atoms with Gasteiger partial charge in [-0.3, -0.25) is 4.90 Å². The van der Waals surface area contributed by atoms with Crippen molar-refractivity contribution in [3.8, 4) is 0 Å². The summed E-state index contributed by atoms with van der Waals surface area (Å²) >= 11 is 3.52. The van der Waals surface area contributed by atoms with Gasteiger partial charge in [0.25, 0.3) is 0 Å². The Labute approximate surface area is 126 Å². The molecule has 1 amide bonds. The Morgan fingerprint density at radius 3 is 2.65 bits per heavy atom. The molecule has 0 radical (unpaired) electrons. The topological polar surface area (TPSA) is 29.5 Å². The molecule has 1 heterocycles. The quantitative estimate of drug-likeness (QED) is 0.829. The summed E-state index contributed by atoms with van der Waals surface area (Å²) in [7, 11) is 0. The van der Waals surface area contributed by atoms with Crippen LogP contribution in [0, 0.1) is 0 Å². The minimum absolute atomic E-state index is 0.267. The molecule has 0 bridgehead atoms. The molecule has 1 aliphatic heterocycles. The fourth-order valence-electron chi connectivity index (χ4n) is 2.32. The van der Waals surface area contributed by atoms with Crippen molar-refractivity contribution in [1.29, 1.82) is 0 Å². The fourth-order valence-corrected chi connectivity index (χ4v) is 2.85. The molecule has 0 atom stereocenters. The van der Waals surface area contributed by atoms with Crippen LogP contribution in [0.25, 0.3) is 0 Å². The second-order valence-corrected chi connectivity index (χ2v) is 5.63. The summed E-state index contributed by atoms with van der Waals surface area (Å²) in [4.78, 5) is 13.8. The van der Waals surface area contributed by atoms with E-state index in [0.29, 0.717) is 19.7 Å². The zero-order valence-corrected chi connectivity index (χ0v) is 12.5. The van der Waals surface area contributed by atoms with Gasteiger partial charge in [0.05, 0.1) is 6.54 Å². The van der Waals surface area contributed by atoms with Crippen LogP contribution in [0.3, 0.4) is 0 Å². The lowest BCUT2D eigenvalue weighted by molar-refractivity contribution is 0.0955. The average molecular weight is 332 g/mol. The van der Waals surface area contributed by atoms with Gasteiger partial charge in [0, 0.05) is 11.0 Å². The Balaban J connectivity index is 1.62. The van der Waals surface area contributed by atoms with Gasteiger partial charge in [0.2, 0.25) is 0 Å². The van der Waals surface area contributed by atoms with E-state index in [1.165, 1.54) is 11.1 Å². The van der Waals surface area contributed by atoms with Crippen molar-refractivity contribution < 1.29 is 9.53 Å². The Bertz CT molecular complexity index is 628. The van der Waals surface area contributed by atoms with Crippen molar-refractivity contribution in [2.45, 2.75) is 19.7 Å². The molecule has 0 fully saturated rings. The van der Waals surface area contributed by atoms with Crippen LogP contribution in [-0.4, -0.2) is 11.0 Å². The number of nitrogens with zero attached hydrogens (tertiary/aromatic N) is 1. The number of halogens is 1. The van der Waals surface area contributed by atoms with Crippen LogP contribution in [0.15, 0.2) is 53.0 Å². The summed E-state index contributed by atoms with van der Waals surface area (Å²) in [6.45, 7) is 1.53. The molecule has 0 aliphatic carbocycles. The number of ether oxygens (including phenoxy) is 1. The smallest absolute Gasteiger partial charge is 0.410 e. The molecule has 2 aromatic rings. The van der Waals surface area contributed by atoms with Crippen LogP contribution in [0.5, 0.6) is 0 Å². The first-order valence-corrected chi connectivity index (χ1v) is 7.25. The van der Waals surface area contributed by atoms with E-state index in [1.807, 2.05) is 48.5 Å². The molecular formula is C16H14BrNO2. The highest BCUT2D eigenvalue weighted by Gasteiger charge is 2.25. The molecule has 2 aromatic carbocycles. The molecular weight excluding hydrogens is 318 g/mol. The van der Waals surface area contributed by atoms with Crippen LogP contribution >= 0.6 is 15.9 Å². The number of benzene rings is 2. The SMILES string of the molecule is O=C(OCc1ccccc1)N1Cc2cccc(Br)c2C1. The molecule has 3 nitrogen and oxygen atoms in total. The molecule has 1 aliphatic rings. The van der Waals surface area contributed by atoms with Gasteiger partial charge in [0.15, 0.2) is 0 Å². The van der Waals surface area contributed by atoms with Crippen molar-refractivity contribution >= 4 is 22.0 Å². The zero-order valence-electron chi connectivity index (χ0n) is 10.9. The lowest BCUT2D eigenvalue weighted by Gasteiger charge is -2.15. The predicted molar refractivity (Wildman–Crippen MR) is 80.0 cm³/mol. The third-order valence-corrected chi connectivity index (χ3v) is 4.13. The third-order valence-electron chi connectivity index (χ3n) is 3.39. The standard InChI is InChI=1S/C16H14BrNO2/c17-15-8-4-7-13-9-18(10-14(13)15)16(19)20-11-12-5-2-1-3-6-12/h1-8H,9-11H2. The summed E-state index contributed by atoms with van der Waals surface area (Å²) in [6, 6.07) is 15.7. The molecule has 20 heavy (non-hydrogen) atoms. The number of hydrogen-bond donors (Lipinski definition) is 0. The molecule has 0 saturated heterocycles. The lowest BCUT2D eigenvalue weighted by atomic mass is 10.1. The highest BCUT2D eigenvalue weighted by atomic mass is 79.9. The predicted octanol–water partition coefficient (Wildman–Crippen LogP) is 4.10. The van der Waals surface area contributed by atoms with Gasteiger partial charge in [-0.2, -0.15) is 0 Å². The van der Waals surface area contributed by atoms with Crippen LogP contribution in [-0.2, 0) is 24.4 Å². The number of amides is 1. The summed E-state index contributed by atoms with van der Waals surface area (Å²) in [6.07, 6.45) is -0.267. The van der Waals surface area contributed by atoms with Crippen LogP contribution in [0.1, 0.15) is 16.7 Å². The van der Waals surface area contributed by atoms with Crippen molar-refractivity contribution in [2.24, 2.45) is 0 Å². The molecule has 0 saturated carbocycles. The largest absolute Gasteiger partial charge is 0.445 e. The second-order valence-electron chi connectivity index (χ2n) is 4.77. The van der Waals surface area contributed by atoms with E-state index in [2.05, 4.69) is 15.9 Å². The highest BCUT2D eigenvalue weighted by molar-refractivity contribution is 9.10. The van der Waals surface area contributed by atoms with Gasteiger partial charge in [-0.15, -0.1) is 0 Å². The number of hydrogen-bond acceptors (Lipinski definition) is 2. The van der Waals surface area contributed by atoms with Crippen molar-refractivity contribution in [1.82, 2.24) is 4.90 Å². The highest BCUT2D eigenvalue weighted by Crippen LogP contribution is 2.29. The van der Waals surface area contributed by atoms with E-state index in [4.69, 9.17) is 4.74 Å². The Morgan fingerprint density at radius 1 is 1.10 bits per heavy atom. The first-order chi connectivity index (χ1) is 9.74. The molecule has 3 rings (SSSR count). The number of rotatable bonds is 2. The third kappa shape index (κ3) is 2.70. The lowest BCUT2D eigenvalue weighted by Crippen LogP contribution is -2.26.